The van der Waals surface area contributed by atoms with Crippen molar-refractivity contribution in [3.63, 3.8) is 0 Å². The smallest absolute Gasteiger partial charge is 0.232 e. The van der Waals surface area contributed by atoms with Crippen LogP contribution in [0.2, 0.25) is 0 Å². The molecule has 13 heteroatoms. The molecule has 0 saturated heterocycles. The van der Waals surface area contributed by atoms with Gasteiger partial charge in [0.25, 0.3) is 0 Å². The first-order chi connectivity index (χ1) is 20.5. The summed E-state index contributed by atoms with van der Waals surface area (Å²) in [5.74, 6) is -0.723. The Morgan fingerprint density at radius 3 is 2.30 bits per heavy atom. The number of amides is 1. The molecular weight excluding hydrogens is 580 g/mol. The average Bonchev–Trinajstić information content (AvgIpc) is 2.97. The van der Waals surface area contributed by atoms with Gasteiger partial charge in [0.15, 0.2) is 11.6 Å². The third kappa shape index (κ3) is 8.82. The molecule has 0 saturated carbocycles. The average molecular weight is 616 g/mol. The van der Waals surface area contributed by atoms with Gasteiger partial charge >= 0.3 is 0 Å². The van der Waals surface area contributed by atoms with Gasteiger partial charge in [0.05, 0.1) is 25.2 Å². The van der Waals surface area contributed by atoms with Crippen LogP contribution in [0, 0.1) is 5.82 Å². The molecule has 4 rings (SSSR count). The van der Waals surface area contributed by atoms with Crippen LogP contribution in [0.25, 0.3) is 33.4 Å². The molecule has 3 aromatic carbocycles. The molecule has 4 aromatic rings. The van der Waals surface area contributed by atoms with E-state index in [0.717, 1.165) is 13.2 Å². The lowest BCUT2D eigenvalue weighted by molar-refractivity contribution is -0.114. The van der Waals surface area contributed by atoms with Crippen molar-refractivity contribution >= 4 is 44.0 Å². The second kappa shape index (κ2) is 15.2. The molecule has 0 radical (unpaired) electrons. The van der Waals surface area contributed by atoms with Crippen LogP contribution in [0.1, 0.15) is 27.2 Å². The zero-order chi connectivity index (χ0) is 31.6. The van der Waals surface area contributed by atoms with E-state index in [-0.39, 0.29) is 29.4 Å². The molecule has 0 aliphatic carbocycles. The number of methoxy groups -OCH3 is 1. The second-order valence-corrected chi connectivity index (χ2v) is 11.0. The molecular formula is C30H35F2N5O5S. The summed E-state index contributed by atoms with van der Waals surface area (Å²) in [6, 6.07) is 14.3. The van der Waals surface area contributed by atoms with Gasteiger partial charge in [0.1, 0.15) is 17.1 Å². The summed E-state index contributed by atoms with van der Waals surface area (Å²) < 4.78 is 64.7. The number of anilines is 3. The van der Waals surface area contributed by atoms with Crippen molar-refractivity contribution < 1.29 is 31.5 Å². The summed E-state index contributed by atoms with van der Waals surface area (Å²) in [7, 11) is -2.49. The van der Waals surface area contributed by atoms with E-state index < -0.39 is 28.3 Å². The third-order valence-electron chi connectivity index (χ3n) is 6.01. The number of ether oxygens (including phenoxy) is 2. The van der Waals surface area contributed by atoms with Gasteiger partial charge in [-0.3, -0.25) is 13.9 Å². The lowest BCUT2D eigenvalue weighted by Gasteiger charge is -2.14. The molecule has 1 aromatic heterocycles. The van der Waals surface area contributed by atoms with Crippen LogP contribution in [0.5, 0.6) is 5.75 Å². The predicted molar refractivity (Wildman–Crippen MR) is 166 cm³/mol. The van der Waals surface area contributed by atoms with Crippen molar-refractivity contribution in [1.29, 1.82) is 0 Å². The minimum Gasteiger partial charge on any atom is -0.494 e. The maximum Gasteiger partial charge on any atom is 0.232 e. The van der Waals surface area contributed by atoms with Gasteiger partial charge in [-0.25, -0.2) is 22.8 Å². The Bertz CT molecular complexity index is 1670. The van der Waals surface area contributed by atoms with Crippen LogP contribution >= 0.6 is 0 Å². The highest BCUT2D eigenvalue weighted by Crippen LogP contribution is 2.37. The molecule has 0 aliphatic rings. The topological polar surface area (TPSA) is 146 Å². The number of rotatable bonds is 11. The number of alkyl halides is 1. The number of halogens is 2. The maximum atomic E-state index is 15.4. The standard InChI is InChI=1S/C26H25F2N5O4S.C4H10O/c1-15(34)30-18-9-7-16(8-10-18)26-31-24-20(25(29)32-26)13-17(14-22(24)37-2)19-5-3-6-21(23(19)28)33-38(35,36)12-4-11-27;1-3-5-4-2/h3,5-10,13-14,33H,4,11-12H2,1-2H3,(H,30,34)(H2,29,31,32);3-4H2,1-2H3. The number of nitrogen functional groups attached to an aromatic ring is 1. The Morgan fingerprint density at radius 1 is 1.02 bits per heavy atom. The van der Waals surface area contributed by atoms with E-state index >= 15 is 4.39 Å². The van der Waals surface area contributed by atoms with Crippen molar-refractivity contribution in [3.8, 4) is 28.3 Å². The van der Waals surface area contributed by atoms with Crippen LogP contribution in [-0.2, 0) is 19.6 Å². The van der Waals surface area contributed by atoms with Gasteiger partial charge in [0, 0.05) is 42.3 Å². The minimum absolute atomic E-state index is 0.0907. The number of nitrogens with one attached hydrogen (secondary N) is 2. The molecule has 10 nitrogen and oxygen atoms in total. The van der Waals surface area contributed by atoms with Crippen LogP contribution in [0.4, 0.5) is 26.0 Å². The first-order valence-corrected chi connectivity index (χ1v) is 15.1. The number of aromatic nitrogens is 2. The summed E-state index contributed by atoms with van der Waals surface area (Å²) in [6.45, 7) is 6.28. The molecule has 0 bridgehead atoms. The molecule has 0 fully saturated rings. The number of benzene rings is 3. The van der Waals surface area contributed by atoms with Crippen molar-refractivity contribution in [1.82, 2.24) is 9.97 Å². The minimum atomic E-state index is -3.93. The third-order valence-corrected chi connectivity index (χ3v) is 7.37. The normalized spacial score (nSPS) is 11.0. The Morgan fingerprint density at radius 2 is 1.72 bits per heavy atom. The Balaban J connectivity index is 0.000000934. The van der Waals surface area contributed by atoms with Crippen LogP contribution in [0.15, 0.2) is 54.6 Å². The summed E-state index contributed by atoms with van der Waals surface area (Å²) >= 11 is 0. The van der Waals surface area contributed by atoms with Crippen molar-refractivity contribution in [3.05, 3.63) is 60.4 Å². The Kier molecular flexibility index (Phi) is 11.7. The maximum absolute atomic E-state index is 15.4. The lowest BCUT2D eigenvalue weighted by atomic mass is 10.0. The van der Waals surface area contributed by atoms with E-state index in [1.165, 1.54) is 32.2 Å². The number of nitrogens with two attached hydrogens (primary N) is 1. The molecule has 1 heterocycles. The number of sulfonamides is 1. The quantitative estimate of drug-likeness (QED) is 0.192. The van der Waals surface area contributed by atoms with Gasteiger partial charge in [-0.05, 0) is 68.3 Å². The summed E-state index contributed by atoms with van der Waals surface area (Å²) in [6.07, 6.45) is -0.195. The van der Waals surface area contributed by atoms with Gasteiger partial charge in [-0.1, -0.05) is 12.1 Å². The number of carbonyl (C=O) groups excluding carboxylic acids is 1. The van der Waals surface area contributed by atoms with E-state index in [1.54, 1.807) is 36.4 Å². The molecule has 0 atom stereocenters. The molecule has 1 amide bonds. The second-order valence-electron chi connectivity index (χ2n) is 9.18. The fourth-order valence-electron chi connectivity index (χ4n) is 4.07. The number of carbonyl (C=O) groups is 1. The van der Waals surface area contributed by atoms with Crippen molar-refractivity contribution in [2.24, 2.45) is 0 Å². The fourth-order valence-corrected chi connectivity index (χ4v) is 5.15. The van der Waals surface area contributed by atoms with Crippen LogP contribution < -0.4 is 20.5 Å². The van der Waals surface area contributed by atoms with Gasteiger partial charge in [0.2, 0.25) is 15.9 Å². The molecule has 0 aliphatic heterocycles. The zero-order valence-electron chi connectivity index (χ0n) is 24.4. The van der Waals surface area contributed by atoms with Crippen molar-refractivity contribution in [2.75, 3.05) is 48.5 Å². The highest BCUT2D eigenvalue weighted by atomic mass is 32.2. The summed E-state index contributed by atoms with van der Waals surface area (Å²) in [5.41, 5.74) is 8.13. The van der Waals surface area contributed by atoms with Crippen LogP contribution in [0.3, 0.4) is 0 Å². The molecule has 4 N–H and O–H groups in total. The van der Waals surface area contributed by atoms with Crippen molar-refractivity contribution in [2.45, 2.75) is 27.2 Å². The molecule has 43 heavy (non-hydrogen) atoms. The Labute approximate surface area is 249 Å². The van der Waals surface area contributed by atoms with E-state index in [1.807, 2.05) is 13.8 Å². The van der Waals surface area contributed by atoms with E-state index in [2.05, 4.69) is 20.0 Å². The highest BCUT2D eigenvalue weighted by Gasteiger charge is 2.19. The first kappa shape index (κ1) is 33.1. The summed E-state index contributed by atoms with van der Waals surface area (Å²) in [5, 5.41) is 3.09. The van der Waals surface area contributed by atoms with Gasteiger partial charge in [-0.15, -0.1) is 0 Å². The Hall–Kier alpha value is -4.36. The number of fused-ring (bicyclic) bond motifs is 1. The highest BCUT2D eigenvalue weighted by molar-refractivity contribution is 7.92. The fraction of sp³-hybridized carbons (Fsp3) is 0.300. The number of hydrogen-bond acceptors (Lipinski definition) is 8. The lowest BCUT2D eigenvalue weighted by Crippen LogP contribution is -2.18. The van der Waals surface area contributed by atoms with Gasteiger partial charge in [-0.2, -0.15) is 0 Å². The SMILES string of the molecule is CCOCC.COc1cc(-c2cccc(NS(=O)(=O)CCCF)c2F)cc2c(N)nc(-c3ccc(NC(C)=O)cc3)nc12. The molecule has 230 valence electrons. The molecule has 0 unspecified atom stereocenters. The van der Waals surface area contributed by atoms with Crippen LogP contribution in [-0.4, -0.2) is 57.0 Å². The van der Waals surface area contributed by atoms with E-state index in [4.69, 9.17) is 15.2 Å². The molecule has 0 spiro atoms. The predicted octanol–water partition coefficient (Wildman–Crippen LogP) is 5.80. The number of nitrogens with zero attached hydrogens (tertiary/aromatic N) is 2. The monoisotopic (exact) mass is 615 g/mol. The first-order valence-electron chi connectivity index (χ1n) is 13.5. The van der Waals surface area contributed by atoms with Gasteiger partial charge < -0.3 is 20.5 Å². The van der Waals surface area contributed by atoms with E-state index in [9.17, 15) is 17.6 Å². The van der Waals surface area contributed by atoms with E-state index in [0.29, 0.717) is 39.3 Å². The zero-order valence-corrected chi connectivity index (χ0v) is 25.2. The largest absolute Gasteiger partial charge is 0.494 e. The number of hydrogen-bond donors (Lipinski definition) is 3. The summed E-state index contributed by atoms with van der Waals surface area (Å²) in [4.78, 5) is 20.3.